The number of fused-ring (bicyclic) bond motifs is 1. The van der Waals surface area contributed by atoms with Gasteiger partial charge in [-0.05, 0) is 101 Å². The minimum absolute atomic E-state index is 0.0353. The molecule has 6 aromatic rings. The van der Waals surface area contributed by atoms with Crippen LogP contribution in [0.25, 0.3) is 28.0 Å². The van der Waals surface area contributed by atoms with E-state index in [2.05, 4.69) is 82.0 Å². The van der Waals surface area contributed by atoms with E-state index in [1.165, 1.54) is 36.2 Å². The Balaban J connectivity index is 0.722. The van der Waals surface area contributed by atoms with Crippen LogP contribution in [0.15, 0.2) is 90.3 Å². The van der Waals surface area contributed by atoms with Crippen LogP contribution in [-0.2, 0) is 16.0 Å². The first-order valence-electron chi connectivity index (χ1n) is 27.8. The first-order valence-corrected chi connectivity index (χ1v) is 28.7. The summed E-state index contributed by atoms with van der Waals surface area (Å²) in [6.45, 7) is 9.47. The van der Waals surface area contributed by atoms with Gasteiger partial charge in [-0.2, -0.15) is 9.61 Å². The topological polar surface area (TPSA) is 158 Å². The van der Waals surface area contributed by atoms with Gasteiger partial charge in [-0.1, -0.05) is 112 Å². The smallest absolute Gasteiger partial charge is 0.246 e. The predicted octanol–water partition coefficient (Wildman–Crippen LogP) is 9.86. The number of nitrogens with zero attached hydrogens (tertiary/aromatic N) is 7. The second kappa shape index (κ2) is 26.2. The van der Waals surface area contributed by atoms with Crippen molar-refractivity contribution in [3.8, 4) is 28.1 Å². The molecule has 3 aromatic carbocycles. The quantitative estimate of drug-likeness (QED) is 0.0392. The minimum atomic E-state index is -0.563. The average molecular weight is 1040 g/mol. The number of aliphatic hydroxyl groups is 1. The number of carbonyl (C=O) groups excluding carboxylic acids is 3. The van der Waals surface area contributed by atoms with Gasteiger partial charge in [0, 0.05) is 67.4 Å². The molecule has 5 heterocycles. The number of anilines is 1. The highest BCUT2D eigenvalue weighted by atomic mass is 32.1. The molecule has 2 saturated heterocycles. The number of nitrogens with one attached hydrogen (secondary N) is 2. The van der Waals surface area contributed by atoms with Gasteiger partial charge in [-0.15, -0.1) is 11.3 Å². The molecule has 0 unspecified atom stereocenters. The van der Waals surface area contributed by atoms with Crippen LogP contribution in [0, 0.1) is 12.8 Å². The molecule has 1 saturated carbocycles. The highest BCUT2D eigenvalue weighted by molar-refractivity contribution is 7.10. The fourth-order valence-electron chi connectivity index (χ4n) is 11.3. The fraction of sp³-hybridized carbons (Fsp3) is 0.500. The fourth-order valence-corrected chi connectivity index (χ4v) is 12.2. The van der Waals surface area contributed by atoms with E-state index in [0.29, 0.717) is 36.7 Å². The molecule has 0 spiro atoms. The molecule has 9 rings (SSSR count). The van der Waals surface area contributed by atoms with E-state index in [9.17, 15) is 19.5 Å². The Labute approximate surface area is 447 Å². The molecule has 0 bridgehead atoms. The molecule has 0 radical (unpaired) electrons. The lowest BCUT2D eigenvalue weighted by Gasteiger charge is -2.35. The van der Waals surface area contributed by atoms with Gasteiger partial charge in [-0.25, -0.2) is 9.97 Å². The minimum Gasteiger partial charge on any atom is -0.494 e. The third-order valence-corrected chi connectivity index (χ3v) is 16.7. The number of likely N-dealkylation sites (tertiary alicyclic amines) is 1. The van der Waals surface area contributed by atoms with Crippen LogP contribution in [0.5, 0.6) is 5.75 Å². The number of hydrogen-bond acceptors (Lipinski definition) is 12. The number of aryl methyl sites for hydroxylation is 2. The van der Waals surface area contributed by atoms with Gasteiger partial charge in [0.1, 0.15) is 28.3 Å². The standard InChI is InChI=1S/C60H77N9O5S/c1-42-54(45-22-12-9-13-23-45)57-62-50(40-53(69(57)65-42)67-33-31-66(32-34-67)35-36-70)47-26-17-21-44(38-47)20-11-7-5-4-6-8-16-37-74-49-28-18-27-48(39-49)56(71)51-41-75-59(63-51)52-29-19-30-68(52)60(73)55(46-24-14-10-15-25-46)64-58(72)43(2)61-3/h9,12-13,17-18,21-23,26-28,38-41,43,46,52,55,61,70H,4-8,10-11,14-16,19-20,24-25,29-37H2,1-3H3,(H,64,72)/t43-,52-,55-/m0/s1. The molecule has 398 valence electrons. The first-order chi connectivity index (χ1) is 36.7. The van der Waals surface area contributed by atoms with Crippen molar-refractivity contribution in [3.63, 3.8) is 0 Å². The number of aliphatic hydroxyl groups excluding tert-OH is 1. The van der Waals surface area contributed by atoms with E-state index >= 15 is 0 Å². The number of benzene rings is 3. The molecule has 3 atom stereocenters. The van der Waals surface area contributed by atoms with E-state index in [1.54, 1.807) is 7.05 Å². The van der Waals surface area contributed by atoms with E-state index in [1.807, 2.05) is 52.1 Å². The van der Waals surface area contributed by atoms with Crippen molar-refractivity contribution in [1.29, 1.82) is 0 Å². The zero-order valence-electron chi connectivity index (χ0n) is 44.4. The Morgan fingerprint density at radius 1 is 0.800 bits per heavy atom. The number of carbonyl (C=O) groups is 3. The molecule has 1 aliphatic carbocycles. The molecule has 3 fully saturated rings. The average Bonchev–Trinajstić information content (AvgIpc) is 4.23. The summed E-state index contributed by atoms with van der Waals surface area (Å²) in [5, 5.41) is 23.3. The number of hydrogen-bond donors (Lipinski definition) is 3. The number of aromatic nitrogens is 4. The van der Waals surface area contributed by atoms with Crippen LogP contribution in [0.3, 0.4) is 0 Å². The van der Waals surface area contributed by atoms with E-state index in [4.69, 9.17) is 19.8 Å². The Bertz CT molecular complexity index is 2840. The molecule has 14 nitrogen and oxygen atoms in total. The maximum atomic E-state index is 14.3. The molecular weight excluding hydrogens is 959 g/mol. The monoisotopic (exact) mass is 1040 g/mol. The van der Waals surface area contributed by atoms with Crippen molar-refractivity contribution in [2.75, 3.05) is 64.4 Å². The van der Waals surface area contributed by atoms with Gasteiger partial charge in [0.05, 0.1) is 36.7 Å². The molecule has 75 heavy (non-hydrogen) atoms. The van der Waals surface area contributed by atoms with Crippen molar-refractivity contribution in [1.82, 2.24) is 40.0 Å². The summed E-state index contributed by atoms with van der Waals surface area (Å²) in [7, 11) is 1.75. The van der Waals surface area contributed by atoms with Gasteiger partial charge < -0.3 is 30.3 Å². The summed E-state index contributed by atoms with van der Waals surface area (Å²) in [5.41, 5.74) is 8.31. The summed E-state index contributed by atoms with van der Waals surface area (Å²) in [4.78, 5) is 57.8. The summed E-state index contributed by atoms with van der Waals surface area (Å²) in [6.07, 6.45) is 15.7. The molecule has 3 aromatic heterocycles. The van der Waals surface area contributed by atoms with Gasteiger partial charge in [0.15, 0.2) is 5.65 Å². The normalized spacial score (nSPS) is 17.4. The third-order valence-electron chi connectivity index (χ3n) is 15.7. The Hall–Kier alpha value is -6.00. The van der Waals surface area contributed by atoms with E-state index in [0.717, 1.165) is 148 Å². The van der Waals surface area contributed by atoms with Crippen LogP contribution in [-0.4, -0.2) is 124 Å². The van der Waals surface area contributed by atoms with Crippen LogP contribution in [0.2, 0.25) is 0 Å². The van der Waals surface area contributed by atoms with Crippen molar-refractivity contribution in [3.05, 3.63) is 118 Å². The predicted molar refractivity (Wildman–Crippen MR) is 299 cm³/mol. The maximum Gasteiger partial charge on any atom is 0.246 e. The number of ether oxygens (including phenoxy) is 1. The summed E-state index contributed by atoms with van der Waals surface area (Å²) in [6, 6.07) is 27.8. The lowest BCUT2D eigenvalue weighted by Crippen LogP contribution is -2.55. The van der Waals surface area contributed by atoms with Crippen molar-refractivity contribution in [2.45, 2.75) is 128 Å². The number of piperazine rings is 1. The number of β-amino-alcohol motifs (C(OH)–C–C–N with tert-alkyl or cyclic N) is 1. The largest absolute Gasteiger partial charge is 0.494 e. The number of thiazole rings is 1. The number of unbranched alkanes of at least 4 members (excludes halogenated alkanes) is 6. The van der Waals surface area contributed by atoms with Crippen molar-refractivity contribution in [2.24, 2.45) is 5.92 Å². The maximum absolute atomic E-state index is 14.3. The van der Waals surface area contributed by atoms with E-state index < -0.39 is 12.1 Å². The molecule has 15 heteroatoms. The summed E-state index contributed by atoms with van der Waals surface area (Å²) < 4.78 is 8.18. The Morgan fingerprint density at radius 2 is 1.55 bits per heavy atom. The van der Waals surface area contributed by atoms with Crippen LogP contribution in [0.1, 0.15) is 135 Å². The summed E-state index contributed by atoms with van der Waals surface area (Å²) in [5.74, 6) is 1.49. The summed E-state index contributed by atoms with van der Waals surface area (Å²) >= 11 is 1.43. The zero-order valence-corrected chi connectivity index (χ0v) is 45.2. The zero-order chi connectivity index (χ0) is 52.1. The molecular formula is C60H77N9O5S. The van der Waals surface area contributed by atoms with Gasteiger partial charge in [-0.3, -0.25) is 19.3 Å². The highest BCUT2D eigenvalue weighted by Crippen LogP contribution is 2.38. The lowest BCUT2D eigenvalue weighted by atomic mass is 9.83. The molecule has 3 aliphatic rings. The number of rotatable bonds is 24. The lowest BCUT2D eigenvalue weighted by molar-refractivity contribution is -0.139. The third kappa shape index (κ3) is 13.3. The molecule has 2 aliphatic heterocycles. The second-order valence-corrected chi connectivity index (χ2v) is 21.8. The highest BCUT2D eigenvalue weighted by Gasteiger charge is 2.40. The number of likely N-dealkylation sites (N-methyl/N-ethyl adjacent to an activating group) is 1. The molecule has 3 N–H and O–H groups in total. The Morgan fingerprint density at radius 3 is 2.32 bits per heavy atom. The second-order valence-electron chi connectivity index (χ2n) is 20.9. The van der Waals surface area contributed by atoms with Crippen molar-refractivity contribution >= 4 is 40.4 Å². The van der Waals surface area contributed by atoms with Crippen LogP contribution < -0.4 is 20.3 Å². The van der Waals surface area contributed by atoms with Gasteiger partial charge in [0.25, 0.3) is 0 Å². The number of ketones is 1. The SMILES string of the molecule is CN[C@@H](C)C(=O)N[C@H](C(=O)N1CCC[C@H]1c1nc(C(=O)c2cccc(OCCCCCCCCCc3cccc(-c4cc(N5CCN(CCO)CC5)n5nc(C)c(-c6ccccc6)c5n4)c3)c2)cs1)C1CCCCC1. The molecule has 2 amide bonds. The van der Waals surface area contributed by atoms with Gasteiger partial charge >= 0.3 is 0 Å². The van der Waals surface area contributed by atoms with Crippen LogP contribution in [0.4, 0.5) is 5.82 Å². The Kier molecular flexibility index (Phi) is 18.8. The van der Waals surface area contributed by atoms with Crippen molar-refractivity contribution < 1.29 is 24.2 Å². The first kappa shape index (κ1) is 53.8. The van der Waals surface area contributed by atoms with Crippen LogP contribution >= 0.6 is 11.3 Å². The van der Waals surface area contributed by atoms with Gasteiger partial charge in [0.2, 0.25) is 17.6 Å². The number of amides is 2. The van der Waals surface area contributed by atoms with E-state index in [-0.39, 0.29) is 36.2 Å².